The highest BCUT2D eigenvalue weighted by atomic mass is 31.2. The molecule has 0 aliphatic rings. The van der Waals surface area contributed by atoms with Crippen LogP contribution >= 0.6 is 7.82 Å². The molecule has 0 aliphatic heterocycles. The Morgan fingerprint density at radius 1 is 0.517 bits per heavy atom. The van der Waals surface area contributed by atoms with Crippen LogP contribution in [0.2, 0.25) is 0 Å². The van der Waals surface area contributed by atoms with E-state index in [0.29, 0.717) is 19.3 Å². The van der Waals surface area contributed by atoms with Gasteiger partial charge in [-0.15, -0.1) is 0 Å². The second kappa shape index (κ2) is 43.7. The molecule has 0 bridgehead atoms. The van der Waals surface area contributed by atoms with Crippen molar-refractivity contribution in [3.63, 3.8) is 0 Å². The first-order chi connectivity index (χ1) is 29.2. The Hall–Kier alpha value is -3.41. The number of allylic oxidation sites excluding steroid dienone is 18. The van der Waals surface area contributed by atoms with Gasteiger partial charge in [0.2, 0.25) is 0 Å². The van der Waals surface area contributed by atoms with Crippen molar-refractivity contribution in [3.05, 3.63) is 109 Å². The van der Waals surface area contributed by atoms with E-state index in [0.717, 1.165) is 96.3 Å². The molecule has 340 valence electrons. The fourth-order valence-corrected chi connectivity index (χ4v) is 5.90. The number of phosphoric ester groups is 1. The molecular weight excluding hydrogens is 783 g/mol. The predicted octanol–water partition coefficient (Wildman–Crippen LogP) is 10.7. The van der Waals surface area contributed by atoms with Gasteiger partial charge in [-0.25, -0.2) is 4.57 Å². The van der Waals surface area contributed by atoms with Crippen molar-refractivity contribution in [1.29, 1.82) is 0 Å². The van der Waals surface area contributed by atoms with Gasteiger partial charge in [0.15, 0.2) is 6.10 Å². The number of hydrogen-bond donors (Lipinski definition) is 4. The van der Waals surface area contributed by atoms with E-state index in [2.05, 4.69) is 109 Å². The Labute approximate surface area is 361 Å². The van der Waals surface area contributed by atoms with Gasteiger partial charge in [0.25, 0.3) is 0 Å². The molecule has 0 radical (unpaired) electrons. The molecule has 0 aliphatic carbocycles. The number of aliphatic hydroxyl groups is 3. The zero-order valence-corrected chi connectivity index (χ0v) is 37.2. The Morgan fingerprint density at radius 2 is 0.933 bits per heavy atom. The van der Waals surface area contributed by atoms with Crippen molar-refractivity contribution in [3.8, 4) is 0 Å². The van der Waals surface area contributed by atoms with E-state index in [-0.39, 0.29) is 26.1 Å². The fraction of sp³-hybridized carbons (Fsp3) is 0.583. The van der Waals surface area contributed by atoms with Crippen LogP contribution in [0.3, 0.4) is 0 Å². The average Bonchev–Trinajstić information content (AvgIpc) is 3.24. The maximum atomic E-state index is 12.6. The lowest BCUT2D eigenvalue weighted by molar-refractivity contribution is -0.161. The molecule has 0 saturated carbocycles. The third-order valence-electron chi connectivity index (χ3n) is 8.47. The lowest BCUT2D eigenvalue weighted by Gasteiger charge is -2.20. The molecule has 60 heavy (non-hydrogen) atoms. The van der Waals surface area contributed by atoms with Crippen molar-refractivity contribution in [1.82, 2.24) is 0 Å². The Balaban J connectivity index is 4.47. The first-order valence-electron chi connectivity index (χ1n) is 22.0. The van der Waals surface area contributed by atoms with E-state index in [1.807, 2.05) is 12.2 Å². The van der Waals surface area contributed by atoms with Crippen LogP contribution < -0.4 is 0 Å². The van der Waals surface area contributed by atoms with Gasteiger partial charge in [0.1, 0.15) is 12.7 Å². The second-order valence-corrected chi connectivity index (χ2v) is 15.5. The minimum absolute atomic E-state index is 0.0837. The van der Waals surface area contributed by atoms with Crippen LogP contribution in [-0.2, 0) is 32.7 Å². The summed E-state index contributed by atoms with van der Waals surface area (Å²) in [6.07, 6.45) is 52.1. The van der Waals surface area contributed by atoms with E-state index in [4.69, 9.17) is 24.2 Å². The van der Waals surface area contributed by atoms with E-state index < -0.39 is 51.8 Å². The molecule has 0 rings (SSSR count). The summed E-state index contributed by atoms with van der Waals surface area (Å²) in [6.45, 7) is 0.136. The predicted molar refractivity (Wildman–Crippen MR) is 243 cm³/mol. The average molecular weight is 861 g/mol. The fourth-order valence-electron chi connectivity index (χ4n) is 5.11. The van der Waals surface area contributed by atoms with Crippen LogP contribution in [-0.4, -0.2) is 77.4 Å². The number of phosphoric acid groups is 1. The first kappa shape index (κ1) is 56.6. The summed E-state index contributed by atoms with van der Waals surface area (Å²) in [5.74, 6) is -1.05. The largest absolute Gasteiger partial charge is 0.472 e. The molecule has 0 fully saturated rings. The third kappa shape index (κ3) is 42.7. The molecule has 11 nitrogen and oxygen atoms in total. The number of ether oxygens (including phenoxy) is 2. The van der Waals surface area contributed by atoms with Crippen LogP contribution in [0.1, 0.15) is 135 Å². The smallest absolute Gasteiger partial charge is 0.462 e. The molecule has 4 N–H and O–H groups in total. The van der Waals surface area contributed by atoms with Crippen molar-refractivity contribution in [2.24, 2.45) is 0 Å². The van der Waals surface area contributed by atoms with Crippen molar-refractivity contribution in [2.45, 2.75) is 148 Å². The molecule has 1 unspecified atom stereocenters. The first-order valence-corrected chi connectivity index (χ1v) is 23.4. The zero-order valence-electron chi connectivity index (χ0n) is 36.3. The van der Waals surface area contributed by atoms with Gasteiger partial charge < -0.3 is 29.7 Å². The van der Waals surface area contributed by atoms with Crippen LogP contribution in [0.5, 0.6) is 0 Å². The summed E-state index contributed by atoms with van der Waals surface area (Å²) in [5.41, 5.74) is 0. The van der Waals surface area contributed by atoms with Gasteiger partial charge in [-0.2, -0.15) is 0 Å². The third-order valence-corrected chi connectivity index (χ3v) is 9.42. The molecule has 12 heteroatoms. The summed E-state index contributed by atoms with van der Waals surface area (Å²) < 4.78 is 32.6. The minimum Gasteiger partial charge on any atom is -0.462 e. The highest BCUT2D eigenvalue weighted by Crippen LogP contribution is 2.43. The number of rotatable bonds is 40. The highest BCUT2D eigenvalue weighted by Gasteiger charge is 2.27. The summed E-state index contributed by atoms with van der Waals surface area (Å²) in [7, 11) is -4.66. The topological polar surface area (TPSA) is 169 Å². The van der Waals surface area contributed by atoms with Gasteiger partial charge in [-0.1, -0.05) is 129 Å². The zero-order chi connectivity index (χ0) is 44.0. The van der Waals surface area contributed by atoms with Crippen molar-refractivity contribution >= 4 is 19.8 Å². The molecule has 0 amide bonds. The van der Waals surface area contributed by atoms with Gasteiger partial charge in [-0.05, 0) is 103 Å². The van der Waals surface area contributed by atoms with E-state index in [1.165, 1.54) is 0 Å². The molecule has 0 spiro atoms. The monoisotopic (exact) mass is 861 g/mol. The van der Waals surface area contributed by atoms with Crippen molar-refractivity contribution in [2.75, 3.05) is 33.0 Å². The SMILES string of the molecule is CC/C=C\C/C=C\C/C=C\C/C=C\C/C=C\CCCCCC(=O)OC[C@H](COP(=O)(O)OC[C@@H](O)CO)OC(=O)CCC/C=C\C/C=C\C/C=C\C/C=C\CCCCCO. The van der Waals surface area contributed by atoms with E-state index >= 15 is 0 Å². The lowest BCUT2D eigenvalue weighted by atomic mass is 10.1. The number of unbranched alkanes of at least 4 members (excludes halogenated alkanes) is 7. The second-order valence-electron chi connectivity index (χ2n) is 14.1. The van der Waals surface area contributed by atoms with Crippen LogP contribution in [0.25, 0.3) is 0 Å². The summed E-state index contributed by atoms with van der Waals surface area (Å²) in [4.78, 5) is 35.0. The van der Waals surface area contributed by atoms with Gasteiger partial charge in [-0.3, -0.25) is 18.6 Å². The van der Waals surface area contributed by atoms with E-state index in [1.54, 1.807) is 0 Å². The minimum atomic E-state index is -4.66. The standard InChI is InChI=1S/C48H77O11P/c1-2-3-4-5-6-7-8-9-10-11-12-14-17-20-23-26-29-32-35-38-47(52)56-43-46(44-58-60(54,55)57-42-45(51)41-50)59-48(53)39-36-33-30-27-24-21-18-15-13-16-19-22-25-28-31-34-37-40-49/h3-4,6-7,9-10,12-14,16,18,20-23,25,27,30,45-46,49-51H,2,5,8,11,15,17,19,24,26,28-29,31-44H2,1H3,(H,54,55)/b4-3-,7-6-,10-9-,14-12-,16-13-,21-18-,23-20-,25-22-,30-27-/t45-,46+/m0/s1. The quantitative estimate of drug-likeness (QED) is 0.0200. The normalized spacial score (nSPS) is 14.8. The van der Waals surface area contributed by atoms with Crippen molar-refractivity contribution < 1.29 is 52.9 Å². The van der Waals surface area contributed by atoms with Crippen LogP contribution in [0.4, 0.5) is 0 Å². The maximum absolute atomic E-state index is 12.6. The van der Waals surface area contributed by atoms with Crippen LogP contribution in [0.15, 0.2) is 109 Å². The number of hydrogen-bond acceptors (Lipinski definition) is 10. The van der Waals surface area contributed by atoms with Gasteiger partial charge in [0.05, 0.1) is 19.8 Å². The summed E-state index contributed by atoms with van der Waals surface area (Å²) in [6, 6.07) is 0. The Kier molecular flexibility index (Phi) is 41.2. The number of aliphatic hydroxyl groups excluding tert-OH is 3. The Bertz CT molecular complexity index is 1360. The molecule has 0 aromatic heterocycles. The molecule has 0 aromatic rings. The lowest BCUT2D eigenvalue weighted by Crippen LogP contribution is -2.29. The molecule has 0 heterocycles. The number of esters is 2. The molecule has 3 atom stereocenters. The Morgan fingerprint density at radius 3 is 1.40 bits per heavy atom. The summed E-state index contributed by atoms with van der Waals surface area (Å²) in [5, 5.41) is 27.1. The van der Waals surface area contributed by atoms with Gasteiger partial charge >= 0.3 is 19.8 Å². The molecular formula is C48H77O11P. The van der Waals surface area contributed by atoms with E-state index in [9.17, 15) is 24.2 Å². The maximum Gasteiger partial charge on any atom is 0.472 e. The number of carbonyl (C=O) groups excluding carboxylic acids is 2. The molecule has 0 aromatic carbocycles. The molecule has 0 saturated heterocycles. The summed E-state index contributed by atoms with van der Waals surface area (Å²) >= 11 is 0. The van der Waals surface area contributed by atoms with Gasteiger partial charge in [0, 0.05) is 19.4 Å². The van der Waals surface area contributed by atoms with Crippen LogP contribution in [0, 0.1) is 0 Å². The number of carbonyl (C=O) groups is 2. The highest BCUT2D eigenvalue weighted by molar-refractivity contribution is 7.47.